The lowest BCUT2D eigenvalue weighted by atomic mass is 10.1. The van der Waals surface area contributed by atoms with Crippen LogP contribution in [0, 0.1) is 10.1 Å². The topological polar surface area (TPSA) is 101 Å². The van der Waals surface area contributed by atoms with Crippen molar-refractivity contribution >= 4 is 17.6 Å². The summed E-state index contributed by atoms with van der Waals surface area (Å²) in [5, 5.41) is 19.4. The molecule has 0 bridgehead atoms. The molecule has 7 heteroatoms. The largest absolute Gasteiger partial charge is 0.481 e. The van der Waals surface area contributed by atoms with Gasteiger partial charge in [-0.3, -0.25) is 19.7 Å². The summed E-state index contributed by atoms with van der Waals surface area (Å²) in [5.41, 5.74) is 0.465. The first-order chi connectivity index (χ1) is 9.91. The van der Waals surface area contributed by atoms with Crippen LogP contribution in [-0.4, -0.2) is 33.9 Å². The Bertz CT molecular complexity index is 530. The van der Waals surface area contributed by atoms with E-state index in [0.29, 0.717) is 18.4 Å². The fourth-order valence-electron chi connectivity index (χ4n) is 1.91. The first-order valence-corrected chi connectivity index (χ1v) is 6.60. The molecule has 21 heavy (non-hydrogen) atoms. The lowest BCUT2D eigenvalue weighted by Crippen LogP contribution is -2.26. The number of hydrogen-bond donors (Lipinski definition) is 1. The SMILES string of the molecule is CN(Cc1ccccc1[N+](=O)[O-])C(=O)CCCCC(=O)O. The molecule has 1 N–H and O–H groups in total. The number of aliphatic carboxylic acids is 1. The molecule has 0 spiro atoms. The van der Waals surface area contributed by atoms with Crippen molar-refractivity contribution in [2.45, 2.75) is 32.2 Å². The number of nitrogens with zero attached hydrogens (tertiary/aromatic N) is 2. The maximum atomic E-state index is 11.9. The summed E-state index contributed by atoms with van der Waals surface area (Å²) in [6, 6.07) is 6.29. The van der Waals surface area contributed by atoms with Gasteiger partial charge in [0.1, 0.15) is 0 Å². The third kappa shape index (κ3) is 5.60. The number of carbonyl (C=O) groups excluding carboxylic acids is 1. The molecule has 1 amide bonds. The van der Waals surface area contributed by atoms with Gasteiger partial charge >= 0.3 is 5.97 Å². The smallest absolute Gasteiger partial charge is 0.303 e. The number of rotatable bonds is 8. The van der Waals surface area contributed by atoms with E-state index in [4.69, 9.17) is 5.11 Å². The van der Waals surface area contributed by atoms with E-state index in [0.717, 1.165) is 0 Å². The van der Waals surface area contributed by atoms with Gasteiger partial charge in [-0.15, -0.1) is 0 Å². The highest BCUT2D eigenvalue weighted by molar-refractivity contribution is 5.76. The molecule has 0 fully saturated rings. The summed E-state index contributed by atoms with van der Waals surface area (Å²) in [6.45, 7) is 0.162. The van der Waals surface area contributed by atoms with Crippen LogP contribution in [0.1, 0.15) is 31.2 Å². The number of unbranched alkanes of at least 4 members (excludes halogenated alkanes) is 1. The zero-order valence-corrected chi connectivity index (χ0v) is 11.8. The third-order valence-electron chi connectivity index (χ3n) is 3.05. The molecule has 1 aromatic carbocycles. The van der Waals surface area contributed by atoms with E-state index in [-0.39, 0.29) is 31.0 Å². The number of nitro benzene ring substituents is 1. The third-order valence-corrected chi connectivity index (χ3v) is 3.05. The number of carboxylic acids is 1. The van der Waals surface area contributed by atoms with Crippen molar-refractivity contribution in [3.63, 3.8) is 0 Å². The average molecular weight is 294 g/mol. The number of carboxylic acid groups (broad SMARTS) is 1. The minimum absolute atomic E-state index is 0.0111. The summed E-state index contributed by atoms with van der Waals surface area (Å²) < 4.78 is 0. The Morgan fingerprint density at radius 2 is 1.86 bits per heavy atom. The monoisotopic (exact) mass is 294 g/mol. The van der Waals surface area contributed by atoms with Crippen molar-refractivity contribution in [2.75, 3.05) is 7.05 Å². The molecule has 114 valence electrons. The Balaban J connectivity index is 2.53. The van der Waals surface area contributed by atoms with Gasteiger partial charge in [-0.1, -0.05) is 18.2 Å². The molecule has 0 unspecified atom stereocenters. The molecule has 0 saturated heterocycles. The van der Waals surface area contributed by atoms with Crippen LogP contribution in [0.5, 0.6) is 0 Å². The highest BCUT2D eigenvalue weighted by atomic mass is 16.6. The zero-order valence-electron chi connectivity index (χ0n) is 11.8. The minimum Gasteiger partial charge on any atom is -0.481 e. The van der Waals surface area contributed by atoms with Gasteiger partial charge in [0.15, 0.2) is 0 Å². The van der Waals surface area contributed by atoms with Crippen LogP contribution < -0.4 is 0 Å². The van der Waals surface area contributed by atoms with Crippen LogP contribution in [0.3, 0.4) is 0 Å². The molecule has 0 aromatic heterocycles. The second kappa shape index (κ2) is 7.98. The molecule has 0 radical (unpaired) electrons. The van der Waals surface area contributed by atoms with Gasteiger partial charge in [-0.2, -0.15) is 0 Å². The molecule has 0 atom stereocenters. The van der Waals surface area contributed by atoms with Gasteiger partial charge in [0.25, 0.3) is 5.69 Å². The second-order valence-electron chi connectivity index (χ2n) is 4.74. The molecule has 0 saturated carbocycles. The summed E-state index contributed by atoms with van der Waals surface area (Å²) in [6.07, 6.45) is 1.22. The number of amides is 1. The van der Waals surface area contributed by atoms with Gasteiger partial charge in [-0.05, 0) is 12.8 Å². The number of para-hydroxylation sites is 1. The molecule has 1 rings (SSSR count). The molecular weight excluding hydrogens is 276 g/mol. The minimum atomic E-state index is -0.879. The summed E-state index contributed by atoms with van der Waals surface area (Å²) >= 11 is 0. The second-order valence-corrected chi connectivity index (χ2v) is 4.74. The first-order valence-electron chi connectivity index (χ1n) is 6.60. The van der Waals surface area contributed by atoms with E-state index >= 15 is 0 Å². The van der Waals surface area contributed by atoms with Crippen molar-refractivity contribution in [3.05, 3.63) is 39.9 Å². The predicted octanol–water partition coefficient (Wildman–Crippen LogP) is 2.20. The van der Waals surface area contributed by atoms with Crippen molar-refractivity contribution in [1.82, 2.24) is 4.90 Å². The number of carbonyl (C=O) groups is 2. The van der Waals surface area contributed by atoms with Crippen LogP contribution in [0.4, 0.5) is 5.69 Å². The van der Waals surface area contributed by atoms with E-state index < -0.39 is 10.9 Å². The Labute approximate surface area is 122 Å². The standard InChI is InChI=1S/C14H18N2O5/c1-15(13(17)8-4-5-9-14(18)19)10-11-6-2-3-7-12(11)16(20)21/h2-3,6-7H,4-5,8-10H2,1H3,(H,18,19). The van der Waals surface area contributed by atoms with E-state index in [9.17, 15) is 19.7 Å². The van der Waals surface area contributed by atoms with Gasteiger partial charge in [0.05, 0.1) is 11.5 Å². The van der Waals surface area contributed by atoms with E-state index in [2.05, 4.69) is 0 Å². The maximum Gasteiger partial charge on any atom is 0.303 e. The molecule has 7 nitrogen and oxygen atoms in total. The normalized spacial score (nSPS) is 10.1. The summed E-state index contributed by atoms with van der Waals surface area (Å²) in [7, 11) is 1.58. The van der Waals surface area contributed by atoms with Gasteiger partial charge in [-0.25, -0.2) is 0 Å². The van der Waals surface area contributed by atoms with E-state index in [1.807, 2.05) is 0 Å². The number of benzene rings is 1. The fourth-order valence-corrected chi connectivity index (χ4v) is 1.91. The molecule has 0 heterocycles. The lowest BCUT2D eigenvalue weighted by molar-refractivity contribution is -0.385. The van der Waals surface area contributed by atoms with Crippen LogP contribution in [-0.2, 0) is 16.1 Å². The van der Waals surface area contributed by atoms with Crippen LogP contribution in [0.2, 0.25) is 0 Å². The Morgan fingerprint density at radius 3 is 2.48 bits per heavy atom. The first kappa shape index (κ1) is 16.6. The molecule has 0 aliphatic carbocycles. The lowest BCUT2D eigenvalue weighted by Gasteiger charge is -2.17. The van der Waals surface area contributed by atoms with Crippen LogP contribution in [0.25, 0.3) is 0 Å². The van der Waals surface area contributed by atoms with Gasteiger partial charge < -0.3 is 10.0 Å². The predicted molar refractivity (Wildman–Crippen MR) is 75.7 cm³/mol. The van der Waals surface area contributed by atoms with E-state index in [1.165, 1.54) is 11.0 Å². The van der Waals surface area contributed by atoms with Crippen LogP contribution in [0.15, 0.2) is 24.3 Å². The van der Waals surface area contributed by atoms with Crippen LogP contribution >= 0.6 is 0 Å². The van der Waals surface area contributed by atoms with Crippen molar-refractivity contribution in [1.29, 1.82) is 0 Å². The molecule has 0 aliphatic heterocycles. The quantitative estimate of drug-likeness (QED) is 0.450. The summed E-state index contributed by atoms with van der Waals surface area (Å²) in [5.74, 6) is -1.03. The fraction of sp³-hybridized carbons (Fsp3) is 0.429. The average Bonchev–Trinajstić information content (AvgIpc) is 2.43. The summed E-state index contributed by atoms with van der Waals surface area (Å²) in [4.78, 5) is 34.1. The van der Waals surface area contributed by atoms with Crippen molar-refractivity contribution < 1.29 is 19.6 Å². The highest BCUT2D eigenvalue weighted by Gasteiger charge is 2.16. The van der Waals surface area contributed by atoms with Crippen molar-refractivity contribution in [3.8, 4) is 0 Å². The Morgan fingerprint density at radius 1 is 1.24 bits per heavy atom. The molecule has 0 aliphatic rings. The maximum absolute atomic E-state index is 11.9. The van der Waals surface area contributed by atoms with Gasteiger partial charge in [0, 0.05) is 31.5 Å². The Hall–Kier alpha value is -2.44. The molecule has 1 aromatic rings. The van der Waals surface area contributed by atoms with Gasteiger partial charge in [0.2, 0.25) is 5.91 Å². The Kier molecular flexibility index (Phi) is 6.32. The number of hydrogen-bond acceptors (Lipinski definition) is 4. The van der Waals surface area contributed by atoms with Crippen molar-refractivity contribution in [2.24, 2.45) is 0 Å². The van der Waals surface area contributed by atoms with E-state index in [1.54, 1.807) is 25.2 Å². The molecular formula is C14H18N2O5. The number of nitro groups is 1. The highest BCUT2D eigenvalue weighted by Crippen LogP contribution is 2.19. The zero-order chi connectivity index (χ0) is 15.8.